The minimum absolute atomic E-state index is 0.124. The van der Waals surface area contributed by atoms with Gasteiger partial charge in [0.15, 0.2) is 0 Å². The van der Waals surface area contributed by atoms with Crippen molar-refractivity contribution in [3.63, 3.8) is 0 Å². The van der Waals surface area contributed by atoms with Gasteiger partial charge in [-0.05, 0) is 31.9 Å². The van der Waals surface area contributed by atoms with E-state index in [9.17, 15) is 9.18 Å². The van der Waals surface area contributed by atoms with Crippen LogP contribution in [0.3, 0.4) is 0 Å². The number of ether oxygens (including phenoxy) is 1. The number of rotatable bonds is 8. The number of hydrogen-bond donors (Lipinski definition) is 2. The number of hydrogen-bond acceptors (Lipinski definition) is 3. The van der Waals surface area contributed by atoms with Crippen molar-refractivity contribution >= 4 is 11.7 Å². The molecule has 1 rings (SSSR count). The zero-order valence-electron chi connectivity index (χ0n) is 12.0. The Morgan fingerprint density at radius 3 is 2.70 bits per heavy atom. The van der Waals surface area contributed by atoms with Gasteiger partial charge in [-0.2, -0.15) is 0 Å². The molecule has 112 valence electrons. The van der Waals surface area contributed by atoms with Gasteiger partial charge in [-0.1, -0.05) is 26.2 Å². The van der Waals surface area contributed by atoms with Crippen molar-refractivity contribution in [2.45, 2.75) is 52.1 Å². The summed E-state index contributed by atoms with van der Waals surface area (Å²) in [5.41, 5.74) is 4.78. The molecule has 0 radical (unpaired) electrons. The second-order valence-electron chi connectivity index (χ2n) is 4.92. The molecular formula is C15H22FNO3. The second kappa shape index (κ2) is 7.72. The first-order chi connectivity index (χ1) is 9.47. The number of halogens is 1. The predicted molar refractivity (Wildman–Crippen MR) is 76.6 cm³/mol. The van der Waals surface area contributed by atoms with Gasteiger partial charge >= 0.3 is 5.97 Å². The summed E-state index contributed by atoms with van der Waals surface area (Å²) in [6.07, 6.45) is 5.19. The first-order valence-electron chi connectivity index (χ1n) is 6.95. The first kappa shape index (κ1) is 16.3. The van der Waals surface area contributed by atoms with E-state index in [1.165, 1.54) is 12.5 Å². The summed E-state index contributed by atoms with van der Waals surface area (Å²) in [5, 5.41) is 9.10. The second-order valence-corrected chi connectivity index (χ2v) is 4.92. The molecule has 0 aliphatic carbocycles. The van der Waals surface area contributed by atoms with Gasteiger partial charge in [0.05, 0.1) is 11.8 Å². The molecule has 0 bridgehead atoms. The van der Waals surface area contributed by atoms with E-state index in [0.29, 0.717) is 0 Å². The molecular weight excluding hydrogens is 261 g/mol. The zero-order valence-corrected chi connectivity index (χ0v) is 12.0. The quantitative estimate of drug-likeness (QED) is 0.561. The summed E-state index contributed by atoms with van der Waals surface area (Å²) < 4.78 is 18.9. The Balaban J connectivity index is 2.72. The molecule has 0 aromatic heterocycles. The fourth-order valence-electron chi connectivity index (χ4n) is 2.03. The molecule has 1 aromatic carbocycles. The molecule has 5 heteroatoms. The van der Waals surface area contributed by atoms with Crippen LogP contribution in [-0.4, -0.2) is 17.2 Å². The molecule has 1 atom stereocenters. The van der Waals surface area contributed by atoms with Crippen molar-refractivity contribution in [3.8, 4) is 5.75 Å². The largest absolute Gasteiger partial charge is 0.490 e. The average molecular weight is 283 g/mol. The number of benzene rings is 1. The number of nitrogens with two attached hydrogens (primary N) is 1. The number of carboxylic acids is 1. The number of anilines is 1. The van der Waals surface area contributed by atoms with Crippen LogP contribution < -0.4 is 10.5 Å². The van der Waals surface area contributed by atoms with Gasteiger partial charge in [0.2, 0.25) is 0 Å². The maximum Gasteiger partial charge on any atom is 0.341 e. The molecule has 0 heterocycles. The van der Waals surface area contributed by atoms with E-state index in [1.54, 1.807) is 0 Å². The number of carboxylic acid groups (broad SMARTS) is 1. The summed E-state index contributed by atoms with van der Waals surface area (Å²) in [6.45, 7) is 4.01. The minimum atomic E-state index is -1.28. The lowest BCUT2D eigenvalue weighted by molar-refractivity contribution is 0.0690. The van der Waals surface area contributed by atoms with Crippen LogP contribution in [0.25, 0.3) is 0 Å². The third-order valence-corrected chi connectivity index (χ3v) is 3.16. The third kappa shape index (κ3) is 4.40. The molecule has 1 aromatic rings. The minimum Gasteiger partial charge on any atom is -0.490 e. The fourth-order valence-corrected chi connectivity index (χ4v) is 2.03. The lowest BCUT2D eigenvalue weighted by atomic mass is 10.1. The van der Waals surface area contributed by atoms with E-state index in [2.05, 4.69) is 6.92 Å². The Morgan fingerprint density at radius 1 is 1.40 bits per heavy atom. The Morgan fingerprint density at radius 2 is 2.10 bits per heavy atom. The number of nitrogen functional groups attached to an aromatic ring is 1. The van der Waals surface area contributed by atoms with Crippen LogP contribution >= 0.6 is 0 Å². The van der Waals surface area contributed by atoms with E-state index in [-0.39, 0.29) is 23.1 Å². The van der Waals surface area contributed by atoms with Crippen LogP contribution in [0.1, 0.15) is 56.3 Å². The van der Waals surface area contributed by atoms with Gasteiger partial charge in [0, 0.05) is 0 Å². The summed E-state index contributed by atoms with van der Waals surface area (Å²) in [7, 11) is 0. The van der Waals surface area contributed by atoms with Gasteiger partial charge < -0.3 is 15.6 Å². The zero-order chi connectivity index (χ0) is 15.1. The smallest absolute Gasteiger partial charge is 0.341 e. The molecule has 0 fully saturated rings. The van der Waals surface area contributed by atoms with E-state index in [1.807, 2.05) is 6.92 Å². The molecule has 20 heavy (non-hydrogen) atoms. The summed E-state index contributed by atoms with van der Waals surface area (Å²) in [5.74, 6) is -1.90. The van der Waals surface area contributed by atoms with Crippen LogP contribution in [0, 0.1) is 5.82 Å². The average Bonchev–Trinajstić information content (AvgIpc) is 2.39. The highest BCUT2D eigenvalue weighted by atomic mass is 19.1. The van der Waals surface area contributed by atoms with E-state index in [0.717, 1.165) is 31.7 Å². The highest BCUT2D eigenvalue weighted by Gasteiger charge is 2.20. The summed E-state index contributed by atoms with van der Waals surface area (Å²) in [4.78, 5) is 11.1. The standard InChI is InChI=1S/C15H22FNO3/c1-3-4-5-6-7-10(2)20-12-9-8-11(16)14(17)13(12)15(18)19/h8-10H,3-7,17H2,1-2H3,(H,18,19). The van der Waals surface area contributed by atoms with Gasteiger partial charge in [0.25, 0.3) is 0 Å². The van der Waals surface area contributed by atoms with Crippen LogP contribution in [0.2, 0.25) is 0 Å². The van der Waals surface area contributed by atoms with Crippen molar-refractivity contribution in [3.05, 3.63) is 23.5 Å². The highest BCUT2D eigenvalue weighted by molar-refractivity contribution is 5.96. The van der Waals surface area contributed by atoms with Crippen molar-refractivity contribution in [2.75, 3.05) is 5.73 Å². The van der Waals surface area contributed by atoms with Crippen molar-refractivity contribution < 1.29 is 19.0 Å². The molecule has 3 N–H and O–H groups in total. The fraction of sp³-hybridized carbons (Fsp3) is 0.533. The normalized spacial score (nSPS) is 12.2. The Bertz CT molecular complexity index is 463. The maximum absolute atomic E-state index is 13.3. The highest BCUT2D eigenvalue weighted by Crippen LogP contribution is 2.28. The lowest BCUT2D eigenvalue weighted by Crippen LogP contribution is -2.15. The molecule has 0 spiro atoms. The summed E-state index contributed by atoms with van der Waals surface area (Å²) in [6, 6.07) is 2.44. The molecule has 0 aliphatic heterocycles. The van der Waals surface area contributed by atoms with Crippen LogP contribution in [-0.2, 0) is 0 Å². The molecule has 0 saturated carbocycles. The monoisotopic (exact) mass is 283 g/mol. The Hall–Kier alpha value is -1.78. The van der Waals surface area contributed by atoms with Crippen LogP contribution in [0.5, 0.6) is 5.75 Å². The van der Waals surface area contributed by atoms with Gasteiger partial charge in [-0.15, -0.1) is 0 Å². The Labute approximate surface area is 118 Å². The SMILES string of the molecule is CCCCCCC(C)Oc1ccc(F)c(N)c1C(=O)O. The van der Waals surface area contributed by atoms with Crippen LogP contribution in [0.4, 0.5) is 10.1 Å². The molecule has 0 amide bonds. The lowest BCUT2D eigenvalue weighted by Gasteiger charge is -2.17. The van der Waals surface area contributed by atoms with Gasteiger partial charge in [-0.25, -0.2) is 9.18 Å². The molecule has 4 nitrogen and oxygen atoms in total. The number of unbranched alkanes of at least 4 members (excludes halogenated alkanes) is 3. The van der Waals surface area contributed by atoms with Crippen molar-refractivity contribution in [1.82, 2.24) is 0 Å². The van der Waals surface area contributed by atoms with E-state index >= 15 is 0 Å². The molecule has 0 aliphatic rings. The van der Waals surface area contributed by atoms with Crippen molar-refractivity contribution in [1.29, 1.82) is 0 Å². The summed E-state index contributed by atoms with van der Waals surface area (Å²) >= 11 is 0. The topological polar surface area (TPSA) is 72.5 Å². The van der Waals surface area contributed by atoms with Gasteiger partial charge in [0.1, 0.15) is 17.1 Å². The maximum atomic E-state index is 13.3. The number of aromatic carboxylic acids is 1. The predicted octanol–water partition coefficient (Wildman–Crippen LogP) is 3.84. The van der Waals surface area contributed by atoms with Crippen LogP contribution in [0.15, 0.2) is 12.1 Å². The van der Waals surface area contributed by atoms with Gasteiger partial charge in [-0.3, -0.25) is 0 Å². The van der Waals surface area contributed by atoms with Crippen molar-refractivity contribution in [2.24, 2.45) is 0 Å². The van der Waals surface area contributed by atoms with E-state index < -0.39 is 11.8 Å². The molecule has 1 unspecified atom stereocenters. The molecule has 0 saturated heterocycles. The first-order valence-corrected chi connectivity index (χ1v) is 6.95. The number of carbonyl (C=O) groups is 1. The third-order valence-electron chi connectivity index (χ3n) is 3.16. The Kier molecular flexibility index (Phi) is 6.28. The van der Waals surface area contributed by atoms with E-state index in [4.69, 9.17) is 15.6 Å².